The summed E-state index contributed by atoms with van der Waals surface area (Å²) in [5, 5.41) is 0. The Morgan fingerprint density at radius 1 is 1.57 bits per heavy atom. The van der Waals surface area contributed by atoms with Crippen molar-refractivity contribution in [3.63, 3.8) is 0 Å². The predicted octanol–water partition coefficient (Wildman–Crippen LogP) is 2.01. The van der Waals surface area contributed by atoms with Crippen LogP contribution in [0.2, 0.25) is 0 Å². The number of nitrogen functional groups attached to an aromatic ring is 1. The molecule has 0 saturated carbocycles. The highest BCUT2D eigenvalue weighted by molar-refractivity contribution is 5.95. The van der Waals surface area contributed by atoms with Gasteiger partial charge in [-0.15, -0.1) is 0 Å². The van der Waals surface area contributed by atoms with Gasteiger partial charge in [0, 0.05) is 0 Å². The molecule has 3 nitrogen and oxygen atoms in total. The second-order valence-corrected chi connectivity index (χ2v) is 2.83. The summed E-state index contributed by atoms with van der Waals surface area (Å²) in [6.45, 7) is 3.33. The second-order valence-electron chi connectivity index (χ2n) is 2.83. The summed E-state index contributed by atoms with van der Waals surface area (Å²) in [6, 6.07) is 2.82. The van der Waals surface area contributed by atoms with Crippen LogP contribution in [0.4, 0.5) is 10.1 Å². The monoisotopic (exact) mass is 197 g/mol. The summed E-state index contributed by atoms with van der Waals surface area (Å²) in [5.41, 5.74) is 5.71. The number of hydrogen-bond donors (Lipinski definition) is 1. The van der Waals surface area contributed by atoms with E-state index < -0.39 is 5.82 Å². The number of halogens is 1. The number of carbonyl (C=O) groups is 1. The number of ketones is 1. The number of hydrogen-bond acceptors (Lipinski definition) is 3. The molecule has 1 rings (SSSR count). The molecule has 0 heterocycles. The van der Waals surface area contributed by atoms with Crippen molar-refractivity contribution in [2.75, 3.05) is 12.3 Å². The normalized spacial score (nSPS) is 9.93. The maximum Gasteiger partial charge on any atom is 0.178 e. The van der Waals surface area contributed by atoms with Crippen molar-refractivity contribution in [2.24, 2.45) is 0 Å². The van der Waals surface area contributed by atoms with Crippen LogP contribution >= 0.6 is 0 Å². The Morgan fingerprint density at radius 3 is 2.71 bits per heavy atom. The molecular weight excluding hydrogens is 185 g/mol. The zero-order valence-electron chi connectivity index (χ0n) is 8.13. The van der Waals surface area contributed by atoms with Gasteiger partial charge >= 0.3 is 0 Å². The number of carbonyl (C=O) groups excluding carboxylic acids is 1. The van der Waals surface area contributed by atoms with E-state index >= 15 is 0 Å². The number of nitrogens with two attached hydrogens (primary N) is 1. The fraction of sp³-hybridized carbons (Fsp3) is 0.300. The van der Waals surface area contributed by atoms with Gasteiger partial charge in [-0.2, -0.15) is 0 Å². The molecule has 0 fully saturated rings. The van der Waals surface area contributed by atoms with Gasteiger partial charge in [0.05, 0.1) is 17.9 Å². The lowest BCUT2D eigenvalue weighted by Crippen LogP contribution is -2.04. The smallest absolute Gasteiger partial charge is 0.178 e. The first-order valence-corrected chi connectivity index (χ1v) is 4.29. The molecule has 4 heteroatoms. The van der Waals surface area contributed by atoms with E-state index in [1.165, 1.54) is 19.1 Å². The van der Waals surface area contributed by atoms with Crippen molar-refractivity contribution in [1.82, 2.24) is 0 Å². The maximum atomic E-state index is 13.5. The molecule has 0 aromatic heterocycles. The summed E-state index contributed by atoms with van der Waals surface area (Å²) in [4.78, 5) is 11.0. The molecule has 0 bridgehead atoms. The number of anilines is 1. The van der Waals surface area contributed by atoms with Crippen molar-refractivity contribution < 1.29 is 13.9 Å². The van der Waals surface area contributed by atoms with Crippen molar-refractivity contribution in [3.8, 4) is 5.75 Å². The highest BCUT2D eigenvalue weighted by atomic mass is 19.1. The lowest BCUT2D eigenvalue weighted by molar-refractivity contribution is 0.101. The number of Topliss-reactive ketones (excluding diaryl/α,β-unsaturated/α-hetero) is 1. The zero-order valence-corrected chi connectivity index (χ0v) is 8.13. The largest absolute Gasteiger partial charge is 0.489 e. The van der Waals surface area contributed by atoms with Crippen LogP contribution in [-0.2, 0) is 0 Å². The molecule has 76 valence electrons. The van der Waals surface area contributed by atoms with E-state index in [4.69, 9.17) is 10.5 Å². The number of ether oxygens (including phenoxy) is 1. The van der Waals surface area contributed by atoms with Gasteiger partial charge in [-0.3, -0.25) is 4.79 Å². The predicted molar refractivity (Wildman–Crippen MR) is 52.0 cm³/mol. The average molecular weight is 197 g/mol. The minimum Gasteiger partial charge on any atom is -0.489 e. The molecule has 1 aromatic carbocycles. The highest BCUT2D eigenvalue weighted by Gasteiger charge is 2.15. The highest BCUT2D eigenvalue weighted by Crippen LogP contribution is 2.28. The lowest BCUT2D eigenvalue weighted by atomic mass is 10.1. The van der Waals surface area contributed by atoms with Gasteiger partial charge in [0.2, 0.25) is 0 Å². The van der Waals surface area contributed by atoms with Crippen molar-refractivity contribution in [3.05, 3.63) is 23.5 Å². The van der Waals surface area contributed by atoms with Crippen molar-refractivity contribution in [2.45, 2.75) is 13.8 Å². The minimum absolute atomic E-state index is 0.00245. The third-order valence-corrected chi connectivity index (χ3v) is 1.80. The number of benzene rings is 1. The third-order valence-electron chi connectivity index (χ3n) is 1.80. The Labute approximate surface area is 81.7 Å². The van der Waals surface area contributed by atoms with Gasteiger partial charge in [-0.05, 0) is 26.0 Å². The second kappa shape index (κ2) is 4.09. The third kappa shape index (κ3) is 1.84. The van der Waals surface area contributed by atoms with Gasteiger partial charge in [0.1, 0.15) is 0 Å². The first kappa shape index (κ1) is 10.5. The Kier molecular flexibility index (Phi) is 3.06. The Balaban J connectivity index is 3.26. The Bertz CT molecular complexity index is 363. The fourth-order valence-electron chi connectivity index (χ4n) is 1.13. The van der Waals surface area contributed by atoms with Crippen molar-refractivity contribution >= 4 is 11.5 Å². The van der Waals surface area contributed by atoms with Gasteiger partial charge in [-0.25, -0.2) is 4.39 Å². The topological polar surface area (TPSA) is 52.3 Å². The van der Waals surface area contributed by atoms with E-state index in [1.807, 2.05) is 0 Å². The number of rotatable bonds is 3. The SMILES string of the molecule is CCOc1c(N)ccc(C(C)=O)c1F. The quantitative estimate of drug-likeness (QED) is 0.595. The fourth-order valence-corrected chi connectivity index (χ4v) is 1.13. The average Bonchev–Trinajstić information content (AvgIpc) is 2.11. The molecular formula is C10H12FNO2. The molecule has 0 aliphatic carbocycles. The van der Waals surface area contributed by atoms with E-state index in [0.717, 1.165) is 0 Å². The molecule has 2 N–H and O–H groups in total. The molecule has 0 atom stereocenters. The van der Waals surface area contributed by atoms with Gasteiger partial charge in [-0.1, -0.05) is 0 Å². The molecule has 0 radical (unpaired) electrons. The van der Waals surface area contributed by atoms with Crippen LogP contribution in [0.15, 0.2) is 12.1 Å². The lowest BCUT2D eigenvalue weighted by Gasteiger charge is -2.09. The molecule has 14 heavy (non-hydrogen) atoms. The first-order valence-electron chi connectivity index (χ1n) is 4.29. The molecule has 1 aromatic rings. The van der Waals surface area contributed by atoms with E-state index in [1.54, 1.807) is 6.92 Å². The summed E-state index contributed by atoms with van der Waals surface area (Å²) < 4.78 is 18.6. The van der Waals surface area contributed by atoms with Crippen LogP contribution in [-0.4, -0.2) is 12.4 Å². The molecule has 0 aliphatic heterocycles. The molecule has 0 unspecified atom stereocenters. The summed E-state index contributed by atoms with van der Waals surface area (Å²) >= 11 is 0. The summed E-state index contributed by atoms with van der Waals surface area (Å²) in [7, 11) is 0. The van der Waals surface area contributed by atoms with Crippen LogP contribution < -0.4 is 10.5 Å². The maximum absolute atomic E-state index is 13.5. The van der Waals surface area contributed by atoms with E-state index in [0.29, 0.717) is 6.61 Å². The van der Waals surface area contributed by atoms with Crippen LogP contribution in [0.5, 0.6) is 5.75 Å². The minimum atomic E-state index is -0.681. The molecule has 0 saturated heterocycles. The summed E-state index contributed by atoms with van der Waals surface area (Å²) in [5.74, 6) is -1.07. The van der Waals surface area contributed by atoms with E-state index in [-0.39, 0.29) is 22.8 Å². The van der Waals surface area contributed by atoms with Gasteiger partial charge < -0.3 is 10.5 Å². The Hall–Kier alpha value is -1.58. The molecule has 0 amide bonds. The van der Waals surface area contributed by atoms with Crippen molar-refractivity contribution in [1.29, 1.82) is 0 Å². The Morgan fingerprint density at radius 2 is 2.21 bits per heavy atom. The molecule has 0 aliphatic rings. The van der Waals surface area contributed by atoms with Crippen LogP contribution in [0, 0.1) is 5.82 Å². The zero-order chi connectivity index (χ0) is 10.7. The van der Waals surface area contributed by atoms with Gasteiger partial charge in [0.15, 0.2) is 17.3 Å². The molecule has 0 spiro atoms. The van der Waals surface area contributed by atoms with Gasteiger partial charge in [0.25, 0.3) is 0 Å². The standard InChI is InChI=1S/C10H12FNO2/c1-3-14-10-8(12)5-4-7(6(2)13)9(10)11/h4-5H,3,12H2,1-2H3. The van der Waals surface area contributed by atoms with E-state index in [2.05, 4.69) is 0 Å². The first-order chi connectivity index (χ1) is 6.57. The van der Waals surface area contributed by atoms with Crippen LogP contribution in [0.3, 0.4) is 0 Å². The van der Waals surface area contributed by atoms with Crippen LogP contribution in [0.25, 0.3) is 0 Å². The summed E-state index contributed by atoms with van der Waals surface area (Å²) in [6.07, 6.45) is 0. The van der Waals surface area contributed by atoms with E-state index in [9.17, 15) is 9.18 Å². The van der Waals surface area contributed by atoms with Crippen LogP contribution in [0.1, 0.15) is 24.2 Å².